The van der Waals surface area contributed by atoms with Crippen molar-refractivity contribution in [1.82, 2.24) is 0 Å². The van der Waals surface area contributed by atoms with Crippen molar-refractivity contribution in [2.24, 2.45) is 0 Å². The van der Waals surface area contributed by atoms with Gasteiger partial charge in [0, 0.05) is 0 Å². The molecule has 0 aromatic heterocycles. The molecule has 0 aliphatic rings. The third-order valence-corrected chi connectivity index (χ3v) is 0. The summed E-state index contributed by atoms with van der Waals surface area (Å²) in [5.74, 6) is 0. The van der Waals surface area contributed by atoms with Crippen molar-refractivity contribution in [3.8, 4) is 0 Å². The zero-order valence-electron chi connectivity index (χ0n) is 3.98. The molecule has 0 aromatic rings. The Labute approximate surface area is 94.9 Å². The van der Waals surface area contributed by atoms with Gasteiger partial charge in [0.25, 0.3) is 0 Å². The van der Waals surface area contributed by atoms with Gasteiger partial charge in [0.15, 0.2) is 0 Å². The van der Waals surface area contributed by atoms with Crippen molar-refractivity contribution in [2.75, 3.05) is 0 Å². The Morgan fingerprint density at radius 1 is 1.00 bits per heavy atom. The molecule has 0 unspecified atom stereocenters. The van der Waals surface area contributed by atoms with Gasteiger partial charge in [-0.15, -0.1) is 0 Å². The van der Waals surface area contributed by atoms with Gasteiger partial charge in [0.1, 0.15) is 0 Å². The normalized spacial score (nSPS) is 3.43. The summed E-state index contributed by atoms with van der Waals surface area (Å²) in [7, 11) is 0. The van der Waals surface area contributed by atoms with Crippen LogP contribution in [0.2, 0.25) is 0 Å². The number of hydrogen-bond donors (Lipinski definition) is 0. The summed E-state index contributed by atoms with van der Waals surface area (Å²) in [5.41, 5.74) is 0. The van der Waals surface area contributed by atoms with Gasteiger partial charge in [0.2, 0.25) is 0 Å². The first-order valence-corrected chi connectivity index (χ1v) is 1.39. The molecule has 0 saturated carbocycles. The quantitative estimate of drug-likeness (QED) is 0.334. The number of hydrogen-bond acceptors (Lipinski definition) is 3. The second-order valence-corrected chi connectivity index (χ2v) is 0.189. The second kappa shape index (κ2) is 39.3. The van der Waals surface area contributed by atoms with Gasteiger partial charge in [-0.1, -0.05) is 0 Å². The van der Waals surface area contributed by atoms with Gasteiger partial charge in [-0.25, -0.2) is 11.9 Å². The molecule has 7 heteroatoms. The summed E-state index contributed by atoms with van der Waals surface area (Å²) in [6.07, 6.45) is 0. The van der Waals surface area contributed by atoms with Crippen LogP contribution in [0.15, 0.2) is 0 Å². The van der Waals surface area contributed by atoms with Gasteiger partial charge in [-0.2, -0.15) is 0 Å². The summed E-state index contributed by atoms with van der Waals surface area (Å²) in [5, 5.41) is 0. The molecule has 0 heterocycles. The van der Waals surface area contributed by atoms with Crippen LogP contribution in [0.3, 0.4) is 0 Å². The average molecular weight is 165 g/mol. The van der Waals surface area contributed by atoms with E-state index >= 15 is 0 Å². The van der Waals surface area contributed by atoms with E-state index in [0.29, 0.717) is 0 Å². The van der Waals surface area contributed by atoms with Crippen LogP contribution in [0, 0.1) is 11.3 Å². The smallest absolute Gasteiger partial charge is 0.769 e. The van der Waals surface area contributed by atoms with E-state index in [4.69, 9.17) is 14.0 Å². The van der Waals surface area contributed by atoms with Gasteiger partial charge in [-0.3, -0.25) is 0 Å². The fourth-order valence-corrected chi connectivity index (χ4v) is 0. The molecule has 0 rings (SSSR count). The van der Waals surface area contributed by atoms with Crippen LogP contribution in [-0.4, -0.2) is 0 Å². The Balaban J connectivity index is -0.0000000105. The molecule has 0 radical (unpaired) electrons. The minimum Gasteiger partial charge on any atom is -0.769 e. The van der Waals surface area contributed by atoms with Crippen LogP contribution < -0.4 is 73.1 Å². The van der Waals surface area contributed by atoms with E-state index in [1.165, 1.54) is 0 Å². The SMILES string of the molecule is [Na+].[Na+].[O-]Cl.[O-][Cl+][O-]. The maximum atomic E-state index is 8.24. The van der Waals surface area contributed by atoms with E-state index in [0.717, 1.165) is 0 Å². The van der Waals surface area contributed by atoms with E-state index < -0.39 is 11.3 Å². The van der Waals surface area contributed by atoms with E-state index in [9.17, 15) is 0 Å². The van der Waals surface area contributed by atoms with Crippen LogP contribution in [0.25, 0.3) is 0 Å². The van der Waals surface area contributed by atoms with Crippen LogP contribution in [0.1, 0.15) is 0 Å². The first-order chi connectivity index (χ1) is 2.41. The largest absolute Gasteiger partial charge is 1.00 e. The molecular weight excluding hydrogens is 165 g/mol. The van der Waals surface area contributed by atoms with Crippen molar-refractivity contribution in [2.45, 2.75) is 0 Å². The predicted molar refractivity (Wildman–Crippen MR) is 5.85 cm³/mol. The summed E-state index contributed by atoms with van der Waals surface area (Å²) in [6.45, 7) is 0. The fraction of sp³-hybridized carbons (Fsp3) is 0. The summed E-state index contributed by atoms with van der Waals surface area (Å²) in [4.78, 5) is 0. The molecule has 34 valence electrons. The van der Waals surface area contributed by atoms with Crippen molar-refractivity contribution in [3.63, 3.8) is 0 Å². The molecule has 0 bridgehead atoms. The van der Waals surface area contributed by atoms with Gasteiger partial charge in [0.05, 0.1) is 11.3 Å². The van der Waals surface area contributed by atoms with Crippen LogP contribution in [0.4, 0.5) is 0 Å². The van der Waals surface area contributed by atoms with Crippen LogP contribution in [0.5, 0.6) is 0 Å². The summed E-state index contributed by atoms with van der Waals surface area (Å²) < 4.78 is 24.2. The average Bonchev–Trinajstić information content (AvgIpc) is 1.46. The topological polar surface area (TPSA) is 69.2 Å². The zero-order valence-corrected chi connectivity index (χ0v) is 9.49. The Kier molecular flexibility index (Phi) is 128. The molecule has 0 saturated heterocycles. The molecule has 0 N–H and O–H groups in total. The molecule has 3 nitrogen and oxygen atoms in total. The van der Waals surface area contributed by atoms with Crippen LogP contribution in [-0.2, 0) is 0 Å². The molecule has 0 amide bonds. The first-order valence-electron chi connectivity index (χ1n) is 0.463. The molecule has 0 aliphatic heterocycles. The zero-order chi connectivity index (χ0) is 4.71. The molecular formula is Cl2Na2O3. The Bertz CT molecular complexity index is 10.9. The Morgan fingerprint density at radius 3 is 1.00 bits per heavy atom. The Hall–Kier alpha value is 2.46. The molecule has 0 aromatic carbocycles. The third kappa shape index (κ3) is 58.3. The minimum atomic E-state index is -0.417. The van der Waals surface area contributed by atoms with E-state index in [-0.39, 0.29) is 59.1 Å². The van der Waals surface area contributed by atoms with Gasteiger partial charge >= 0.3 is 59.1 Å². The molecule has 0 atom stereocenters. The second-order valence-electron chi connectivity index (χ2n) is 0.0630. The minimum absolute atomic E-state index is 0. The fourth-order valence-electron chi connectivity index (χ4n) is 0. The maximum Gasteiger partial charge on any atom is 1.00 e. The van der Waals surface area contributed by atoms with Gasteiger partial charge in [-0.05, 0) is 0 Å². The van der Waals surface area contributed by atoms with Crippen molar-refractivity contribution >= 4 is 11.9 Å². The third-order valence-electron chi connectivity index (χ3n) is 0. The molecule has 7 heavy (non-hydrogen) atoms. The number of rotatable bonds is 0. The van der Waals surface area contributed by atoms with Crippen molar-refractivity contribution in [3.05, 3.63) is 0 Å². The maximum absolute atomic E-state index is 8.24. The first kappa shape index (κ1) is 22.7. The monoisotopic (exact) mass is 164 g/mol. The summed E-state index contributed by atoms with van der Waals surface area (Å²) in [6, 6.07) is 0. The van der Waals surface area contributed by atoms with Crippen molar-refractivity contribution in [1.29, 1.82) is 0 Å². The number of halogens is 2. The van der Waals surface area contributed by atoms with E-state index in [1.807, 2.05) is 0 Å². The molecule has 0 fully saturated rings. The van der Waals surface area contributed by atoms with Crippen molar-refractivity contribution < 1.29 is 84.4 Å². The summed E-state index contributed by atoms with van der Waals surface area (Å²) >= 11 is 2.97. The van der Waals surface area contributed by atoms with Gasteiger partial charge < -0.3 is 14.0 Å². The van der Waals surface area contributed by atoms with E-state index in [2.05, 4.69) is 11.9 Å². The van der Waals surface area contributed by atoms with E-state index in [1.54, 1.807) is 0 Å². The van der Waals surface area contributed by atoms with Crippen LogP contribution >= 0.6 is 11.9 Å². The predicted octanol–water partition coefficient (Wildman–Crippen LogP) is -8.87. The molecule has 0 aliphatic carbocycles. The Morgan fingerprint density at radius 2 is 1.00 bits per heavy atom. The standard InChI is InChI=1S/ClO2.ClO.2Na/c2-1-3;1-2;;/q2*-1;2*+1. The molecule has 0 spiro atoms.